The Kier molecular flexibility index (Phi) is 2.09. The largest absolute Gasteiger partial charge is 0.472 e. The van der Waals surface area contributed by atoms with Crippen molar-refractivity contribution in [3.63, 3.8) is 0 Å². The van der Waals surface area contributed by atoms with Crippen molar-refractivity contribution in [3.8, 4) is 0 Å². The van der Waals surface area contributed by atoms with E-state index in [1.54, 1.807) is 30.1 Å². The average Bonchev–Trinajstić information content (AvgIpc) is 2.74. The molecule has 4 heteroatoms. The molecule has 0 atom stereocenters. The van der Waals surface area contributed by atoms with Gasteiger partial charge in [0.1, 0.15) is 0 Å². The first kappa shape index (κ1) is 7.36. The molecule has 0 spiro atoms. The third-order valence-electron chi connectivity index (χ3n) is 1.46. The molecule has 2 aromatic rings. The van der Waals surface area contributed by atoms with E-state index in [1.165, 1.54) is 0 Å². The van der Waals surface area contributed by atoms with Crippen LogP contribution in [0, 0.1) is 0 Å². The van der Waals surface area contributed by atoms with Gasteiger partial charge >= 0.3 is 0 Å². The fourth-order valence-electron chi connectivity index (χ4n) is 0.882. The van der Waals surface area contributed by atoms with Crippen molar-refractivity contribution >= 4 is 16.5 Å². The zero-order chi connectivity index (χ0) is 8.23. The van der Waals surface area contributed by atoms with Crippen molar-refractivity contribution in [1.29, 1.82) is 0 Å². The van der Waals surface area contributed by atoms with Crippen LogP contribution in [0.1, 0.15) is 5.56 Å². The summed E-state index contributed by atoms with van der Waals surface area (Å²) < 4.78 is 4.93. The van der Waals surface area contributed by atoms with Crippen LogP contribution in [-0.2, 0) is 6.54 Å². The van der Waals surface area contributed by atoms with E-state index >= 15 is 0 Å². The number of nitrogens with one attached hydrogen (secondary N) is 1. The summed E-state index contributed by atoms with van der Waals surface area (Å²) in [5, 5.41) is 6.06. The van der Waals surface area contributed by atoms with Crippen molar-refractivity contribution in [1.82, 2.24) is 4.98 Å². The maximum Gasteiger partial charge on any atom is 0.182 e. The van der Waals surface area contributed by atoms with Crippen molar-refractivity contribution in [2.45, 2.75) is 6.54 Å². The Morgan fingerprint density at radius 2 is 2.58 bits per heavy atom. The van der Waals surface area contributed by atoms with Gasteiger partial charge in [-0.3, -0.25) is 0 Å². The predicted octanol–water partition coefficient (Wildman–Crippen LogP) is 2.35. The topological polar surface area (TPSA) is 38.1 Å². The number of hydrogen-bond donors (Lipinski definition) is 1. The van der Waals surface area contributed by atoms with E-state index in [9.17, 15) is 0 Å². The molecule has 0 saturated heterocycles. The summed E-state index contributed by atoms with van der Waals surface area (Å²) in [7, 11) is 0. The van der Waals surface area contributed by atoms with Gasteiger partial charge in [-0.15, -0.1) is 11.3 Å². The van der Waals surface area contributed by atoms with Gasteiger partial charge in [0, 0.05) is 23.7 Å². The number of nitrogens with zero attached hydrogens (tertiary/aromatic N) is 1. The van der Waals surface area contributed by atoms with E-state index in [0.717, 1.165) is 17.2 Å². The maximum atomic E-state index is 4.93. The Morgan fingerprint density at radius 3 is 3.25 bits per heavy atom. The SMILES string of the molecule is c1csc(NCc2ccoc2)n1. The van der Waals surface area contributed by atoms with Crippen molar-refractivity contribution < 1.29 is 4.42 Å². The van der Waals surface area contributed by atoms with E-state index in [-0.39, 0.29) is 0 Å². The Balaban J connectivity index is 1.91. The van der Waals surface area contributed by atoms with Crippen molar-refractivity contribution in [2.75, 3.05) is 5.32 Å². The molecule has 2 rings (SSSR count). The molecule has 0 saturated carbocycles. The first-order valence-electron chi connectivity index (χ1n) is 3.59. The molecule has 0 aliphatic rings. The summed E-state index contributed by atoms with van der Waals surface area (Å²) in [6.07, 6.45) is 5.17. The summed E-state index contributed by atoms with van der Waals surface area (Å²) in [6, 6.07) is 1.93. The Morgan fingerprint density at radius 1 is 1.58 bits per heavy atom. The smallest absolute Gasteiger partial charge is 0.182 e. The normalized spacial score (nSPS) is 10.0. The summed E-state index contributed by atoms with van der Waals surface area (Å²) in [5.74, 6) is 0. The van der Waals surface area contributed by atoms with E-state index in [4.69, 9.17) is 4.42 Å². The molecule has 0 bridgehead atoms. The van der Waals surface area contributed by atoms with Crippen LogP contribution in [0.15, 0.2) is 34.6 Å². The predicted molar refractivity (Wildman–Crippen MR) is 48.1 cm³/mol. The molecule has 0 fully saturated rings. The average molecular weight is 180 g/mol. The van der Waals surface area contributed by atoms with Crippen LogP contribution in [0.3, 0.4) is 0 Å². The van der Waals surface area contributed by atoms with E-state index in [0.29, 0.717) is 0 Å². The lowest BCUT2D eigenvalue weighted by atomic mass is 10.3. The molecule has 0 aromatic carbocycles. The molecule has 0 unspecified atom stereocenters. The fraction of sp³-hybridized carbons (Fsp3) is 0.125. The molecule has 62 valence electrons. The van der Waals surface area contributed by atoms with Gasteiger partial charge in [0.25, 0.3) is 0 Å². The van der Waals surface area contributed by atoms with Crippen molar-refractivity contribution in [2.24, 2.45) is 0 Å². The Labute approximate surface area is 74.1 Å². The van der Waals surface area contributed by atoms with Gasteiger partial charge in [0.2, 0.25) is 0 Å². The molecule has 0 radical (unpaired) electrons. The minimum absolute atomic E-state index is 0.768. The van der Waals surface area contributed by atoms with Crippen LogP contribution < -0.4 is 5.32 Å². The highest BCUT2D eigenvalue weighted by molar-refractivity contribution is 7.13. The van der Waals surface area contributed by atoms with Crippen LogP contribution >= 0.6 is 11.3 Å². The monoisotopic (exact) mass is 180 g/mol. The van der Waals surface area contributed by atoms with E-state index in [1.807, 2.05) is 11.4 Å². The van der Waals surface area contributed by atoms with Gasteiger partial charge in [0.15, 0.2) is 5.13 Å². The second-order valence-corrected chi connectivity index (χ2v) is 3.22. The zero-order valence-corrected chi connectivity index (χ0v) is 7.17. The number of anilines is 1. The molecule has 0 aliphatic heterocycles. The molecule has 0 aliphatic carbocycles. The summed E-state index contributed by atoms with van der Waals surface area (Å²) in [6.45, 7) is 0.768. The molecule has 12 heavy (non-hydrogen) atoms. The molecular formula is C8H8N2OS. The lowest BCUT2D eigenvalue weighted by Crippen LogP contribution is -1.96. The quantitative estimate of drug-likeness (QED) is 0.787. The number of furan rings is 1. The standard InChI is InChI=1S/C8H8N2OS/c1-3-11-6-7(1)5-10-8-9-2-4-12-8/h1-4,6H,5H2,(H,9,10). The second-order valence-electron chi connectivity index (χ2n) is 2.32. The van der Waals surface area contributed by atoms with Crippen LogP contribution in [-0.4, -0.2) is 4.98 Å². The Bertz CT molecular complexity index is 280. The minimum Gasteiger partial charge on any atom is -0.472 e. The number of thiazole rings is 1. The van der Waals surface area contributed by atoms with Gasteiger partial charge < -0.3 is 9.73 Å². The number of rotatable bonds is 3. The maximum absolute atomic E-state index is 4.93. The first-order valence-corrected chi connectivity index (χ1v) is 4.47. The van der Waals surface area contributed by atoms with Crippen LogP contribution in [0.2, 0.25) is 0 Å². The number of aromatic nitrogens is 1. The molecule has 3 nitrogen and oxygen atoms in total. The lowest BCUT2D eigenvalue weighted by molar-refractivity contribution is 0.564. The molecule has 1 N–H and O–H groups in total. The fourth-order valence-corrected chi connectivity index (χ4v) is 1.41. The van der Waals surface area contributed by atoms with E-state index in [2.05, 4.69) is 10.3 Å². The van der Waals surface area contributed by atoms with Crippen LogP contribution in [0.4, 0.5) is 5.13 Å². The molecule has 2 aromatic heterocycles. The van der Waals surface area contributed by atoms with Gasteiger partial charge in [-0.1, -0.05) is 0 Å². The highest BCUT2D eigenvalue weighted by Crippen LogP contribution is 2.11. The zero-order valence-electron chi connectivity index (χ0n) is 6.36. The van der Waals surface area contributed by atoms with Crippen LogP contribution in [0.25, 0.3) is 0 Å². The minimum atomic E-state index is 0.768. The van der Waals surface area contributed by atoms with Crippen LogP contribution in [0.5, 0.6) is 0 Å². The summed E-state index contributed by atoms with van der Waals surface area (Å²) in [5.41, 5.74) is 1.13. The summed E-state index contributed by atoms with van der Waals surface area (Å²) >= 11 is 1.59. The Hall–Kier alpha value is -1.29. The third kappa shape index (κ3) is 1.65. The van der Waals surface area contributed by atoms with Gasteiger partial charge in [-0.05, 0) is 6.07 Å². The van der Waals surface area contributed by atoms with E-state index < -0.39 is 0 Å². The van der Waals surface area contributed by atoms with Gasteiger partial charge in [0.05, 0.1) is 12.5 Å². The second kappa shape index (κ2) is 3.40. The molecule has 0 amide bonds. The first-order chi connectivity index (χ1) is 5.95. The highest BCUT2D eigenvalue weighted by atomic mass is 32.1. The summed E-state index contributed by atoms with van der Waals surface area (Å²) in [4.78, 5) is 4.09. The van der Waals surface area contributed by atoms with Crippen molar-refractivity contribution in [3.05, 3.63) is 35.7 Å². The highest BCUT2D eigenvalue weighted by Gasteiger charge is 1.95. The third-order valence-corrected chi connectivity index (χ3v) is 2.19. The molecule has 2 heterocycles. The van der Waals surface area contributed by atoms with Gasteiger partial charge in [-0.25, -0.2) is 4.98 Å². The molecular weight excluding hydrogens is 172 g/mol. The lowest BCUT2D eigenvalue weighted by Gasteiger charge is -1.97. The number of hydrogen-bond acceptors (Lipinski definition) is 4. The van der Waals surface area contributed by atoms with Gasteiger partial charge in [-0.2, -0.15) is 0 Å².